The lowest BCUT2D eigenvalue weighted by atomic mass is 10.1. The van der Waals surface area contributed by atoms with Crippen molar-refractivity contribution < 1.29 is 9.59 Å². The van der Waals surface area contributed by atoms with Gasteiger partial charge in [-0.3, -0.25) is 14.7 Å². The van der Waals surface area contributed by atoms with E-state index in [-0.39, 0.29) is 5.82 Å². The van der Waals surface area contributed by atoms with Gasteiger partial charge in [-0.15, -0.1) is 0 Å². The maximum Gasteiger partial charge on any atom is 0.267 e. The number of nitrogens with zero attached hydrogens (tertiary/aromatic N) is 2. The van der Waals surface area contributed by atoms with E-state index in [1.54, 1.807) is 36.4 Å². The van der Waals surface area contributed by atoms with Crippen LogP contribution in [0.15, 0.2) is 40.9 Å². The van der Waals surface area contributed by atoms with Gasteiger partial charge in [-0.05, 0) is 40.2 Å². The van der Waals surface area contributed by atoms with Gasteiger partial charge in [0.1, 0.15) is 0 Å². The zero-order valence-corrected chi connectivity index (χ0v) is 13.3. The van der Waals surface area contributed by atoms with Gasteiger partial charge in [-0.25, -0.2) is 4.90 Å². The molecule has 2 aromatic carbocycles. The van der Waals surface area contributed by atoms with Crippen LogP contribution in [-0.4, -0.2) is 22.0 Å². The highest BCUT2D eigenvalue weighted by atomic mass is 79.9. The summed E-state index contributed by atoms with van der Waals surface area (Å²) in [6.07, 6.45) is 0. The van der Waals surface area contributed by atoms with E-state index >= 15 is 0 Å². The van der Waals surface area contributed by atoms with Gasteiger partial charge in [0, 0.05) is 4.47 Å². The molecule has 7 heteroatoms. The van der Waals surface area contributed by atoms with Crippen LogP contribution in [0.3, 0.4) is 0 Å². The Morgan fingerprint density at radius 2 is 1.68 bits per heavy atom. The van der Waals surface area contributed by atoms with Crippen molar-refractivity contribution >= 4 is 56.1 Å². The van der Waals surface area contributed by atoms with Gasteiger partial charge in [0.2, 0.25) is 0 Å². The minimum Gasteiger partial charge on any atom is -0.274 e. The van der Waals surface area contributed by atoms with Crippen LogP contribution in [0.4, 0.5) is 5.82 Å². The summed E-state index contributed by atoms with van der Waals surface area (Å²) in [6, 6.07) is 10.2. The molecule has 0 atom stereocenters. The number of anilines is 1. The average molecular weight is 377 g/mol. The third-order valence-corrected chi connectivity index (χ3v) is 4.58. The largest absolute Gasteiger partial charge is 0.274 e. The van der Waals surface area contributed by atoms with Crippen LogP contribution in [0.2, 0.25) is 5.02 Å². The van der Waals surface area contributed by atoms with Crippen molar-refractivity contribution in [3.8, 4) is 0 Å². The second-order valence-electron chi connectivity index (χ2n) is 4.82. The van der Waals surface area contributed by atoms with E-state index in [0.29, 0.717) is 27.1 Å². The van der Waals surface area contributed by atoms with Crippen LogP contribution in [0, 0.1) is 0 Å². The number of rotatable bonds is 1. The first kappa shape index (κ1) is 13.5. The third-order valence-electron chi connectivity index (χ3n) is 3.61. The van der Waals surface area contributed by atoms with E-state index in [0.717, 1.165) is 9.37 Å². The third kappa shape index (κ3) is 1.68. The van der Waals surface area contributed by atoms with Gasteiger partial charge < -0.3 is 0 Å². The summed E-state index contributed by atoms with van der Waals surface area (Å²) in [5.41, 5.74) is 1.38. The number of H-pyrrole nitrogens is 1. The van der Waals surface area contributed by atoms with Gasteiger partial charge in [-0.2, -0.15) is 5.10 Å². The van der Waals surface area contributed by atoms with Crippen molar-refractivity contribution in [2.45, 2.75) is 0 Å². The monoisotopic (exact) mass is 375 g/mol. The van der Waals surface area contributed by atoms with Crippen LogP contribution < -0.4 is 4.90 Å². The van der Waals surface area contributed by atoms with Crippen LogP contribution in [0.25, 0.3) is 10.9 Å². The fourth-order valence-corrected chi connectivity index (χ4v) is 3.25. The Balaban J connectivity index is 1.97. The second-order valence-corrected chi connectivity index (χ2v) is 6.08. The quantitative estimate of drug-likeness (QED) is 0.657. The predicted molar refractivity (Wildman–Crippen MR) is 86.4 cm³/mol. The molecule has 0 saturated carbocycles. The highest BCUT2D eigenvalue weighted by Gasteiger charge is 2.38. The van der Waals surface area contributed by atoms with Crippen molar-refractivity contribution in [1.29, 1.82) is 0 Å². The van der Waals surface area contributed by atoms with E-state index in [2.05, 4.69) is 26.1 Å². The fourth-order valence-electron chi connectivity index (χ4n) is 2.59. The first-order chi connectivity index (χ1) is 10.6. The molecule has 1 aliphatic heterocycles. The molecule has 0 bridgehead atoms. The molecule has 5 nitrogen and oxygen atoms in total. The summed E-state index contributed by atoms with van der Waals surface area (Å²) in [5.74, 6) is -0.581. The molecular formula is C15H7BrClN3O2. The zero-order chi connectivity index (χ0) is 15.4. The van der Waals surface area contributed by atoms with Crippen LogP contribution in [-0.2, 0) is 0 Å². The van der Waals surface area contributed by atoms with E-state index in [1.165, 1.54) is 0 Å². The van der Waals surface area contributed by atoms with Crippen molar-refractivity contribution in [3.63, 3.8) is 0 Å². The molecule has 0 aliphatic carbocycles. The highest BCUT2D eigenvalue weighted by Crippen LogP contribution is 2.37. The topological polar surface area (TPSA) is 66.1 Å². The molecular weight excluding hydrogens is 370 g/mol. The number of carbonyl (C=O) groups excluding carboxylic acids is 2. The van der Waals surface area contributed by atoms with Crippen molar-refractivity contribution in [2.24, 2.45) is 0 Å². The lowest BCUT2D eigenvalue weighted by molar-refractivity contribution is 0.0925. The van der Waals surface area contributed by atoms with Crippen LogP contribution in [0.1, 0.15) is 20.7 Å². The van der Waals surface area contributed by atoms with Crippen molar-refractivity contribution in [2.75, 3.05) is 4.90 Å². The number of nitrogens with one attached hydrogen (secondary N) is 1. The normalized spacial score (nSPS) is 14.0. The minimum absolute atomic E-state index is 0.215. The minimum atomic E-state index is -0.398. The Kier molecular flexibility index (Phi) is 2.85. The second kappa shape index (κ2) is 4.66. The molecule has 2 amide bonds. The molecule has 0 unspecified atom stereocenters. The molecule has 0 radical (unpaired) electrons. The zero-order valence-electron chi connectivity index (χ0n) is 10.9. The number of benzene rings is 2. The summed E-state index contributed by atoms with van der Waals surface area (Å²) in [7, 11) is 0. The number of aromatic amines is 1. The number of hydrogen-bond donors (Lipinski definition) is 1. The SMILES string of the molecule is O=C1c2ccccc2C(=O)N1c1n[nH]c2c(Br)ccc(Cl)c12. The van der Waals surface area contributed by atoms with Gasteiger partial charge in [0.15, 0.2) is 5.82 Å². The molecule has 3 aromatic rings. The molecule has 0 spiro atoms. The lowest BCUT2D eigenvalue weighted by Crippen LogP contribution is -2.29. The summed E-state index contributed by atoms with van der Waals surface area (Å²) >= 11 is 9.62. The summed E-state index contributed by atoms with van der Waals surface area (Å²) in [6.45, 7) is 0. The molecule has 1 aliphatic rings. The van der Waals surface area contributed by atoms with Crippen molar-refractivity contribution in [3.05, 3.63) is 57.0 Å². The number of aromatic nitrogens is 2. The first-order valence-electron chi connectivity index (χ1n) is 6.39. The summed E-state index contributed by atoms with van der Waals surface area (Å²) in [4.78, 5) is 26.1. The molecule has 4 rings (SSSR count). The highest BCUT2D eigenvalue weighted by molar-refractivity contribution is 9.10. The number of carbonyl (C=O) groups is 2. The Hall–Kier alpha value is -2.18. The molecule has 22 heavy (non-hydrogen) atoms. The number of hydrogen-bond acceptors (Lipinski definition) is 3. The lowest BCUT2D eigenvalue weighted by Gasteiger charge is -2.11. The van der Waals surface area contributed by atoms with Gasteiger partial charge in [0.25, 0.3) is 11.8 Å². The Bertz CT molecular complexity index is 932. The Labute approximate surface area is 138 Å². The standard InChI is InChI=1S/C15H7BrClN3O2/c16-9-5-6-10(17)11-12(9)18-19-13(11)20-14(21)7-3-1-2-4-8(7)15(20)22/h1-6H,(H,18,19). The van der Waals surface area contributed by atoms with E-state index in [1.807, 2.05) is 0 Å². The maximum absolute atomic E-state index is 12.5. The molecule has 1 aromatic heterocycles. The molecule has 0 fully saturated rings. The predicted octanol–water partition coefficient (Wildman–Crippen LogP) is 3.78. The fraction of sp³-hybridized carbons (Fsp3) is 0. The Morgan fingerprint density at radius 1 is 1.05 bits per heavy atom. The smallest absolute Gasteiger partial charge is 0.267 e. The first-order valence-corrected chi connectivity index (χ1v) is 7.56. The molecule has 1 N–H and O–H groups in total. The number of imide groups is 1. The van der Waals surface area contributed by atoms with E-state index in [4.69, 9.17) is 11.6 Å². The van der Waals surface area contributed by atoms with Gasteiger partial charge >= 0.3 is 0 Å². The van der Waals surface area contributed by atoms with Gasteiger partial charge in [0.05, 0.1) is 27.1 Å². The van der Waals surface area contributed by atoms with E-state index < -0.39 is 11.8 Å². The number of halogens is 2. The Morgan fingerprint density at radius 3 is 2.32 bits per heavy atom. The van der Waals surface area contributed by atoms with Crippen LogP contribution in [0.5, 0.6) is 0 Å². The van der Waals surface area contributed by atoms with Crippen molar-refractivity contribution in [1.82, 2.24) is 10.2 Å². The molecule has 0 saturated heterocycles. The average Bonchev–Trinajstić information content (AvgIpc) is 3.06. The van der Waals surface area contributed by atoms with E-state index in [9.17, 15) is 9.59 Å². The summed E-state index contributed by atoms with van der Waals surface area (Å²) in [5, 5.41) is 7.89. The number of fused-ring (bicyclic) bond motifs is 2. The van der Waals surface area contributed by atoms with Gasteiger partial charge in [-0.1, -0.05) is 23.7 Å². The molecule has 108 valence electrons. The molecule has 2 heterocycles. The van der Waals surface area contributed by atoms with Crippen LogP contribution >= 0.6 is 27.5 Å². The maximum atomic E-state index is 12.5. The summed E-state index contributed by atoms with van der Waals surface area (Å²) < 4.78 is 0.752. The number of amides is 2.